The third kappa shape index (κ3) is 4.28. The Bertz CT molecular complexity index is 575. The molecule has 2 amide bonds. The molecule has 5 heteroatoms. The van der Waals surface area contributed by atoms with Gasteiger partial charge in [-0.05, 0) is 56.1 Å². The van der Waals surface area contributed by atoms with Gasteiger partial charge >= 0.3 is 0 Å². The molecule has 1 aromatic carbocycles. The lowest BCUT2D eigenvalue weighted by molar-refractivity contribution is -0.127. The minimum Gasteiger partial charge on any atom is -0.484 e. The first-order valence-electron chi connectivity index (χ1n) is 8.85. The van der Waals surface area contributed by atoms with E-state index in [4.69, 9.17) is 4.74 Å². The molecule has 4 unspecified atom stereocenters. The summed E-state index contributed by atoms with van der Waals surface area (Å²) in [7, 11) is 0. The fourth-order valence-corrected chi connectivity index (χ4v) is 4.21. The van der Waals surface area contributed by atoms with Crippen LogP contribution in [-0.4, -0.2) is 31.0 Å². The lowest BCUT2D eigenvalue weighted by atomic mass is 9.84. The molecule has 0 aliphatic heterocycles. The number of carbonyl (C=O) groups excluding carboxylic acids is 2. The zero-order chi connectivity index (χ0) is 16.9. The number of amides is 2. The molecule has 1 aromatic rings. The number of benzene rings is 1. The highest BCUT2D eigenvalue weighted by molar-refractivity contribution is 5.85. The third-order valence-electron chi connectivity index (χ3n) is 5.38. The van der Waals surface area contributed by atoms with E-state index in [1.54, 1.807) is 12.1 Å². The van der Waals surface area contributed by atoms with Crippen molar-refractivity contribution in [3.8, 4) is 5.75 Å². The molecular weight excluding hydrogens is 304 g/mol. The summed E-state index contributed by atoms with van der Waals surface area (Å²) in [6, 6.07) is 9.34. The minimum atomic E-state index is -0.290. The zero-order valence-corrected chi connectivity index (χ0v) is 14.2. The van der Waals surface area contributed by atoms with E-state index < -0.39 is 0 Å². The van der Waals surface area contributed by atoms with Gasteiger partial charge in [0.15, 0.2) is 6.61 Å². The van der Waals surface area contributed by atoms with E-state index in [0.717, 1.165) is 11.8 Å². The second-order valence-electron chi connectivity index (χ2n) is 7.07. The van der Waals surface area contributed by atoms with Gasteiger partial charge < -0.3 is 15.4 Å². The van der Waals surface area contributed by atoms with Crippen molar-refractivity contribution in [2.75, 3.05) is 13.2 Å². The standard InChI is InChI=1S/C19H26N2O3/c1-13(17-10-14-7-8-15(17)9-14)21-18(22)11-20-19(23)12-24-16-5-3-2-4-6-16/h2-6,13-15,17H,7-12H2,1H3,(H,20,23)(H,21,22). The summed E-state index contributed by atoms with van der Waals surface area (Å²) in [5.41, 5.74) is 0. The van der Waals surface area contributed by atoms with Crippen molar-refractivity contribution in [3.05, 3.63) is 30.3 Å². The first-order valence-corrected chi connectivity index (χ1v) is 8.85. The van der Waals surface area contributed by atoms with Crippen molar-refractivity contribution < 1.29 is 14.3 Å². The van der Waals surface area contributed by atoms with E-state index in [1.165, 1.54) is 25.7 Å². The monoisotopic (exact) mass is 330 g/mol. The Morgan fingerprint density at radius 3 is 2.62 bits per heavy atom. The van der Waals surface area contributed by atoms with Gasteiger partial charge in [0, 0.05) is 6.04 Å². The van der Waals surface area contributed by atoms with Crippen molar-refractivity contribution in [1.29, 1.82) is 0 Å². The Kier molecular flexibility index (Phi) is 5.38. The van der Waals surface area contributed by atoms with Crippen molar-refractivity contribution >= 4 is 11.8 Å². The van der Waals surface area contributed by atoms with Crippen LogP contribution >= 0.6 is 0 Å². The van der Waals surface area contributed by atoms with Gasteiger partial charge in [-0.2, -0.15) is 0 Å². The summed E-state index contributed by atoms with van der Waals surface area (Å²) in [6.07, 6.45) is 5.24. The quantitative estimate of drug-likeness (QED) is 0.805. The maximum absolute atomic E-state index is 12.0. The first kappa shape index (κ1) is 16.8. The largest absolute Gasteiger partial charge is 0.484 e. The molecule has 2 saturated carbocycles. The predicted octanol–water partition coefficient (Wildman–Crippen LogP) is 2.12. The topological polar surface area (TPSA) is 67.4 Å². The molecule has 3 rings (SSSR count). The van der Waals surface area contributed by atoms with Crippen LogP contribution in [0.15, 0.2) is 30.3 Å². The van der Waals surface area contributed by atoms with Crippen LogP contribution in [0.2, 0.25) is 0 Å². The number of hydrogen-bond donors (Lipinski definition) is 2. The lowest BCUT2D eigenvalue weighted by Crippen LogP contribution is -2.45. The van der Waals surface area contributed by atoms with Crippen LogP contribution in [0.5, 0.6) is 5.75 Å². The molecule has 0 radical (unpaired) electrons. The molecule has 0 aromatic heterocycles. The lowest BCUT2D eigenvalue weighted by Gasteiger charge is -2.28. The smallest absolute Gasteiger partial charge is 0.258 e. The minimum absolute atomic E-state index is 0.00212. The van der Waals surface area contributed by atoms with E-state index in [9.17, 15) is 9.59 Å². The summed E-state index contributed by atoms with van der Waals surface area (Å²) in [5, 5.41) is 5.65. The summed E-state index contributed by atoms with van der Waals surface area (Å²) < 4.78 is 5.35. The SMILES string of the molecule is CC(NC(=O)CNC(=O)COc1ccccc1)C1CC2CCC1C2. The van der Waals surface area contributed by atoms with Gasteiger partial charge in [0.25, 0.3) is 5.91 Å². The fraction of sp³-hybridized carbons (Fsp3) is 0.579. The van der Waals surface area contributed by atoms with E-state index in [2.05, 4.69) is 17.6 Å². The van der Waals surface area contributed by atoms with Gasteiger partial charge in [-0.1, -0.05) is 24.6 Å². The maximum atomic E-state index is 12.0. The van der Waals surface area contributed by atoms with Gasteiger partial charge in [0.05, 0.1) is 6.54 Å². The van der Waals surface area contributed by atoms with Crippen LogP contribution in [0, 0.1) is 17.8 Å². The van der Waals surface area contributed by atoms with Crippen molar-refractivity contribution in [2.45, 2.75) is 38.6 Å². The predicted molar refractivity (Wildman–Crippen MR) is 91.5 cm³/mol. The van der Waals surface area contributed by atoms with Crippen molar-refractivity contribution in [2.24, 2.45) is 17.8 Å². The third-order valence-corrected chi connectivity index (χ3v) is 5.38. The van der Waals surface area contributed by atoms with Gasteiger partial charge in [0.2, 0.25) is 5.91 Å². The highest BCUT2D eigenvalue weighted by Gasteiger charge is 2.42. The van der Waals surface area contributed by atoms with Crippen LogP contribution in [0.1, 0.15) is 32.6 Å². The molecule has 2 fully saturated rings. The Labute approximate surface area is 143 Å². The Balaban J connectivity index is 1.34. The number of hydrogen-bond acceptors (Lipinski definition) is 3. The fourth-order valence-electron chi connectivity index (χ4n) is 4.21. The highest BCUT2D eigenvalue weighted by Crippen LogP contribution is 2.49. The number of nitrogens with one attached hydrogen (secondary N) is 2. The summed E-state index contributed by atoms with van der Waals surface area (Å²) in [4.78, 5) is 23.8. The molecular formula is C19H26N2O3. The van der Waals surface area contributed by atoms with E-state index >= 15 is 0 Å². The summed E-state index contributed by atoms with van der Waals surface area (Å²) in [5.74, 6) is 2.47. The summed E-state index contributed by atoms with van der Waals surface area (Å²) >= 11 is 0. The van der Waals surface area contributed by atoms with E-state index in [0.29, 0.717) is 11.7 Å². The molecule has 5 nitrogen and oxygen atoms in total. The number of ether oxygens (including phenoxy) is 1. The van der Waals surface area contributed by atoms with Gasteiger partial charge in [-0.3, -0.25) is 9.59 Å². The van der Waals surface area contributed by atoms with Gasteiger partial charge in [-0.25, -0.2) is 0 Å². The van der Waals surface area contributed by atoms with Crippen LogP contribution in [0.4, 0.5) is 0 Å². The second kappa shape index (κ2) is 7.69. The average molecular weight is 330 g/mol. The molecule has 2 aliphatic rings. The van der Waals surface area contributed by atoms with Crippen LogP contribution in [0.3, 0.4) is 0 Å². The van der Waals surface area contributed by atoms with Gasteiger partial charge in [0.1, 0.15) is 5.75 Å². The van der Waals surface area contributed by atoms with Crippen molar-refractivity contribution in [1.82, 2.24) is 10.6 Å². The molecule has 0 heterocycles. The Hall–Kier alpha value is -2.04. The summed E-state index contributed by atoms with van der Waals surface area (Å²) in [6.45, 7) is 2.00. The molecule has 24 heavy (non-hydrogen) atoms. The van der Waals surface area contributed by atoms with E-state index in [-0.39, 0.29) is 31.0 Å². The Morgan fingerprint density at radius 1 is 1.17 bits per heavy atom. The molecule has 130 valence electrons. The van der Waals surface area contributed by atoms with Gasteiger partial charge in [-0.15, -0.1) is 0 Å². The average Bonchev–Trinajstić information content (AvgIpc) is 3.22. The Morgan fingerprint density at radius 2 is 1.96 bits per heavy atom. The number of para-hydroxylation sites is 1. The second-order valence-corrected chi connectivity index (χ2v) is 7.07. The van der Waals surface area contributed by atoms with E-state index in [1.807, 2.05) is 18.2 Å². The highest BCUT2D eigenvalue weighted by atomic mass is 16.5. The first-order chi connectivity index (χ1) is 11.6. The van der Waals surface area contributed by atoms with Crippen LogP contribution in [0.25, 0.3) is 0 Å². The maximum Gasteiger partial charge on any atom is 0.258 e. The molecule has 0 saturated heterocycles. The molecule has 0 spiro atoms. The zero-order valence-electron chi connectivity index (χ0n) is 14.2. The molecule has 2 N–H and O–H groups in total. The number of carbonyl (C=O) groups is 2. The molecule has 4 atom stereocenters. The van der Waals surface area contributed by atoms with Crippen LogP contribution < -0.4 is 15.4 Å². The molecule has 2 bridgehead atoms. The number of fused-ring (bicyclic) bond motifs is 2. The molecule has 2 aliphatic carbocycles. The normalized spacial score (nSPS) is 26.0. The van der Waals surface area contributed by atoms with Crippen molar-refractivity contribution in [3.63, 3.8) is 0 Å². The van der Waals surface area contributed by atoms with Crippen LogP contribution in [-0.2, 0) is 9.59 Å². The number of rotatable bonds is 7.